The highest BCUT2D eigenvalue weighted by molar-refractivity contribution is 5.97. The van der Waals surface area contributed by atoms with Gasteiger partial charge in [-0.3, -0.25) is 4.68 Å². The summed E-state index contributed by atoms with van der Waals surface area (Å²) in [6, 6.07) is 10.5. The SMILES string of the molecule is CCNC(=NCc1ccnn1C)N1CCc2ccccc21. The van der Waals surface area contributed by atoms with Gasteiger partial charge >= 0.3 is 0 Å². The van der Waals surface area contributed by atoms with Crippen molar-refractivity contribution in [3.63, 3.8) is 0 Å². The van der Waals surface area contributed by atoms with E-state index in [2.05, 4.69) is 46.5 Å². The molecular formula is C16H21N5. The third-order valence-corrected chi connectivity index (χ3v) is 3.79. The topological polar surface area (TPSA) is 45.5 Å². The van der Waals surface area contributed by atoms with Gasteiger partial charge < -0.3 is 10.2 Å². The smallest absolute Gasteiger partial charge is 0.198 e. The molecule has 5 nitrogen and oxygen atoms in total. The molecule has 1 aromatic carbocycles. The summed E-state index contributed by atoms with van der Waals surface area (Å²) >= 11 is 0. The van der Waals surface area contributed by atoms with E-state index in [1.165, 1.54) is 11.3 Å². The molecule has 0 aliphatic carbocycles. The standard InChI is InChI=1S/C16H21N5/c1-3-17-16(18-12-14-8-10-19-20(14)2)21-11-9-13-6-4-5-7-15(13)21/h4-8,10H,3,9,11-12H2,1-2H3,(H,17,18). The first-order valence-electron chi connectivity index (χ1n) is 7.40. The van der Waals surface area contributed by atoms with Crippen LogP contribution in [0.5, 0.6) is 0 Å². The van der Waals surface area contributed by atoms with Crippen LogP contribution in [0.15, 0.2) is 41.5 Å². The van der Waals surface area contributed by atoms with Crippen LogP contribution >= 0.6 is 0 Å². The summed E-state index contributed by atoms with van der Waals surface area (Å²) in [6.07, 6.45) is 2.88. The third-order valence-electron chi connectivity index (χ3n) is 3.79. The molecule has 3 rings (SSSR count). The van der Waals surface area contributed by atoms with Crippen LogP contribution in [0.25, 0.3) is 0 Å². The van der Waals surface area contributed by atoms with E-state index in [1.807, 2.05) is 24.0 Å². The Morgan fingerprint density at radius 3 is 2.95 bits per heavy atom. The molecule has 5 heteroatoms. The number of guanidine groups is 1. The number of aliphatic imine (C=N–C) groups is 1. The van der Waals surface area contributed by atoms with Crippen molar-refractivity contribution < 1.29 is 0 Å². The highest BCUT2D eigenvalue weighted by atomic mass is 15.3. The molecule has 0 fully saturated rings. The third kappa shape index (κ3) is 2.77. The van der Waals surface area contributed by atoms with Crippen molar-refractivity contribution in [2.45, 2.75) is 19.9 Å². The number of nitrogens with one attached hydrogen (secondary N) is 1. The second-order valence-electron chi connectivity index (χ2n) is 5.15. The monoisotopic (exact) mass is 283 g/mol. The number of aryl methyl sites for hydroxylation is 1. The van der Waals surface area contributed by atoms with Crippen LogP contribution in [-0.4, -0.2) is 28.8 Å². The molecule has 0 saturated carbocycles. The molecule has 1 N–H and O–H groups in total. The van der Waals surface area contributed by atoms with E-state index in [4.69, 9.17) is 4.99 Å². The maximum atomic E-state index is 4.77. The number of aromatic nitrogens is 2. The van der Waals surface area contributed by atoms with Crippen LogP contribution in [0, 0.1) is 0 Å². The summed E-state index contributed by atoms with van der Waals surface area (Å²) in [4.78, 5) is 7.04. The largest absolute Gasteiger partial charge is 0.356 e. The molecule has 2 aromatic rings. The summed E-state index contributed by atoms with van der Waals surface area (Å²) in [5, 5.41) is 7.58. The fraction of sp³-hybridized carbons (Fsp3) is 0.375. The van der Waals surface area contributed by atoms with Crippen LogP contribution in [-0.2, 0) is 20.0 Å². The Kier molecular flexibility index (Phi) is 3.90. The summed E-state index contributed by atoms with van der Waals surface area (Å²) in [5.41, 5.74) is 3.77. The molecule has 1 aromatic heterocycles. The van der Waals surface area contributed by atoms with Gasteiger partial charge in [0.05, 0.1) is 12.2 Å². The minimum Gasteiger partial charge on any atom is -0.356 e. The van der Waals surface area contributed by atoms with E-state index in [-0.39, 0.29) is 0 Å². The lowest BCUT2D eigenvalue weighted by atomic mass is 10.2. The van der Waals surface area contributed by atoms with Crippen molar-refractivity contribution in [1.29, 1.82) is 0 Å². The molecule has 1 aliphatic heterocycles. The van der Waals surface area contributed by atoms with Gasteiger partial charge in [-0.05, 0) is 31.0 Å². The fourth-order valence-electron chi connectivity index (χ4n) is 2.67. The zero-order valence-electron chi connectivity index (χ0n) is 12.6. The molecule has 0 radical (unpaired) electrons. The van der Waals surface area contributed by atoms with Crippen molar-refractivity contribution in [2.24, 2.45) is 12.0 Å². The first-order valence-corrected chi connectivity index (χ1v) is 7.40. The van der Waals surface area contributed by atoms with Crippen LogP contribution in [0.3, 0.4) is 0 Å². The quantitative estimate of drug-likeness (QED) is 0.692. The summed E-state index contributed by atoms with van der Waals surface area (Å²) in [7, 11) is 1.95. The second-order valence-corrected chi connectivity index (χ2v) is 5.15. The number of benzene rings is 1. The molecular weight excluding hydrogens is 262 g/mol. The lowest BCUT2D eigenvalue weighted by Gasteiger charge is -2.22. The fourth-order valence-corrected chi connectivity index (χ4v) is 2.67. The van der Waals surface area contributed by atoms with Crippen molar-refractivity contribution in [3.05, 3.63) is 47.8 Å². The van der Waals surface area contributed by atoms with Crippen molar-refractivity contribution in [3.8, 4) is 0 Å². The van der Waals surface area contributed by atoms with Gasteiger partial charge in [-0.25, -0.2) is 4.99 Å². The molecule has 110 valence electrons. The Balaban J connectivity index is 1.84. The first kappa shape index (κ1) is 13.7. The highest BCUT2D eigenvalue weighted by Crippen LogP contribution is 2.27. The molecule has 0 bridgehead atoms. The van der Waals surface area contributed by atoms with E-state index >= 15 is 0 Å². The summed E-state index contributed by atoms with van der Waals surface area (Å²) in [5.74, 6) is 0.948. The minimum absolute atomic E-state index is 0.636. The van der Waals surface area contributed by atoms with Gasteiger partial charge in [0.15, 0.2) is 5.96 Å². The average molecular weight is 283 g/mol. The van der Waals surface area contributed by atoms with Gasteiger partial charge in [0.1, 0.15) is 0 Å². The molecule has 21 heavy (non-hydrogen) atoms. The Hall–Kier alpha value is -2.30. The van der Waals surface area contributed by atoms with E-state index < -0.39 is 0 Å². The Bertz CT molecular complexity index is 644. The predicted octanol–water partition coefficient (Wildman–Crippen LogP) is 1.95. The van der Waals surface area contributed by atoms with Gasteiger partial charge in [0.25, 0.3) is 0 Å². The van der Waals surface area contributed by atoms with Crippen LogP contribution in [0.2, 0.25) is 0 Å². The Morgan fingerprint density at radius 2 is 2.19 bits per heavy atom. The molecule has 0 saturated heterocycles. The molecule has 1 aliphatic rings. The lowest BCUT2D eigenvalue weighted by molar-refractivity contribution is 0.710. The second kappa shape index (κ2) is 5.99. The number of hydrogen-bond acceptors (Lipinski definition) is 2. The van der Waals surface area contributed by atoms with Gasteiger partial charge in [-0.2, -0.15) is 5.10 Å². The average Bonchev–Trinajstić information content (AvgIpc) is 3.10. The maximum Gasteiger partial charge on any atom is 0.198 e. The molecule has 0 unspecified atom stereocenters. The lowest BCUT2D eigenvalue weighted by Crippen LogP contribution is -2.40. The first-order chi connectivity index (χ1) is 10.3. The molecule has 0 amide bonds. The van der Waals surface area contributed by atoms with Crippen molar-refractivity contribution >= 4 is 11.6 Å². The van der Waals surface area contributed by atoms with Gasteiger partial charge in [-0.15, -0.1) is 0 Å². The van der Waals surface area contributed by atoms with E-state index in [0.29, 0.717) is 6.54 Å². The molecule has 2 heterocycles. The van der Waals surface area contributed by atoms with E-state index in [0.717, 1.165) is 31.2 Å². The number of hydrogen-bond donors (Lipinski definition) is 1. The number of para-hydroxylation sites is 1. The van der Waals surface area contributed by atoms with Crippen LogP contribution < -0.4 is 10.2 Å². The Morgan fingerprint density at radius 1 is 1.33 bits per heavy atom. The van der Waals surface area contributed by atoms with E-state index in [9.17, 15) is 0 Å². The van der Waals surface area contributed by atoms with Gasteiger partial charge in [0, 0.05) is 32.0 Å². The maximum absolute atomic E-state index is 4.77. The summed E-state index contributed by atoms with van der Waals surface area (Å²) < 4.78 is 1.87. The number of anilines is 1. The summed E-state index contributed by atoms with van der Waals surface area (Å²) in [6.45, 7) is 4.58. The minimum atomic E-state index is 0.636. The normalized spacial score (nSPS) is 14.4. The predicted molar refractivity (Wildman–Crippen MR) is 85.5 cm³/mol. The van der Waals surface area contributed by atoms with Crippen LogP contribution in [0.1, 0.15) is 18.2 Å². The number of nitrogens with zero attached hydrogens (tertiary/aromatic N) is 4. The van der Waals surface area contributed by atoms with Crippen LogP contribution in [0.4, 0.5) is 5.69 Å². The highest BCUT2D eigenvalue weighted by Gasteiger charge is 2.22. The Labute approximate surface area is 125 Å². The molecule has 0 spiro atoms. The van der Waals surface area contributed by atoms with Gasteiger partial charge in [-0.1, -0.05) is 18.2 Å². The van der Waals surface area contributed by atoms with Crippen molar-refractivity contribution in [1.82, 2.24) is 15.1 Å². The molecule has 0 atom stereocenters. The van der Waals surface area contributed by atoms with Crippen molar-refractivity contribution in [2.75, 3.05) is 18.0 Å². The number of fused-ring (bicyclic) bond motifs is 1. The van der Waals surface area contributed by atoms with E-state index in [1.54, 1.807) is 0 Å². The zero-order valence-corrected chi connectivity index (χ0v) is 12.6. The number of rotatable bonds is 3. The zero-order chi connectivity index (χ0) is 14.7. The van der Waals surface area contributed by atoms with Gasteiger partial charge in [0.2, 0.25) is 0 Å².